The van der Waals surface area contributed by atoms with Crippen LogP contribution >= 0.6 is 0 Å². The van der Waals surface area contributed by atoms with E-state index >= 15 is 0 Å². The smallest absolute Gasteiger partial charge is 0.309 e. The lowest BCUT2D eigenvalue weighted by Gasteiger charge is -2.26. The van der Waals surface area contributed by atoms with Crippen molar-refractivity contribution in [3.63, 3.8) is 0 Å². The molecule has 5 N–H and O–H groups in total. The first-order valence-corrected chi connectivity index (χ1v) is 9.80. The summed E-state index contributed by atoms with van der Waals surface area (Å²) in [5, 5.41) is 15.9. The number of hydrogen-bond donors (Lipinski definition) is 4. The molecular weight excluding hydrogens is 451 g/mol. The number of nitrogens with two attached hydrogens (primary N) is 1. The van der Waals surface area contributed by atoms with Crippen LogP contribution in [0.2, 0.25) is 0 Å². The Morgan fingerprint density at radius 1 is 1.32 bits per heavy atom. The fraction of sp³-hybridized carbons (Fsp3) is 0.286. The molecule has 1 aromatic carbocycles. The van der Waals surface area contributed by atoms with E-state index in [-0.39, 0.29) is 24.0 Å². The van der Waals surface area contributed by atoms with Crippen LogP contribution < -0.4 is 22.2 Å². The van der Waals surface area contributed by atoms with E-state index in [9.17, 15) is 23.9 Å². The first-order valence-electron chi connectivity index (χ1n) is 9.80. The molecule has 2 rings (SSSR count). The van der Waals surface area contributed by atoms with Gasteiger partial charge in [-0.1, -0.05) is 18.7 Å². The SMILES string of the molecule is C=C(O/C(C)=N\N)C(=O)NOC(C)(C)c1nc(C(=O)NCc2ccc(F)cc2)c(O)c(=O)n1C. The van der Waals surface area contributed by atoms with Crippen molar-refractivity contribution in [3.05, 3.63) is 69.9 Å². The number of halogens is 1. The van der Waals surface area contributed by atoms with Crippen LogP contribution in [0.4, 0.5) is 4.39 Å². The Morgan fingerprint density at radius 2 is 1.94 bits per heavy atom. The number of nitrogens with one attached hydrogen (secondary N) is 2. The van der Waals surface area contributed by atoms with E-state index in [1.165, 1.54) is 52.1 Å². The standard InChI is InChI=1S/C21H25FN6O6/c1-11(33-12(2)26-23)17(30)27-34-21(3,4)20-25-15(16(29)19(32)28(20)5)18(31)24-10-13-6-8-14(22)9-7-13/h6-9,29H,1,10,23H2,2-5H3,(H,24,31)(H,27,30)/b26-12-. The summed E-state index contributed by atoms with van der Waals surface area (Å²) in [5.41, 5.74) is -0.234. The average Bonchev–Trinajstić information content (AvgIpc) is 2.80. The number of carbonyl (C=O) groups is 2. The van der Waals surface area contributed by atoms with Crippen LogP contribution in [0.1, 0.15) is 42.6 Å². The molecule has 1 aromatic heterocycles. The maximum atomic E-state index is 13.0. The summed E-state index contributed by atoms with van der Waals surface area (Å²) in [6.07, 6.45) is 0. The summed E-state index contributed by atoms with van der Waals surface area (Å²) in [6.45, 7) is 7.74. The minimum Gasteiger partial charge on any atom is -0.501 e. The van der Waals surface area contributed by atoms with Gasteiger partial charge in [-0.2, -0.15) is 0 Å². The number of amides is 2. The highest BCUT2D eigenvalue weighted by Gasteiger charge is 2.32. The van der Waals surface area contributed by atoms with Gasteiger partial charge in [0, 0.05) is 20.5 Å². The lowest BCUT2D eigenvalue weighted by Crippen LogP contribution is -2.40. The Labute approximate surface area is 193 Å². The third-order valence-electron chi connectivity index (χ3n) is 4.49. The summed E-state index contributed by atoms with van der Waals surface area (Å²) < 4.78 is 19.0. The van der Waals surface area contributed by atoms with Crippen LogP contribution in [0, 0.1) is 5.82 Å². The zero-order valence-corrected chi connectivity index (χ0v) is 19.0. The number of ether oxygens (including phenoxy) is 1. The number of aromatic nitrogens is 2. The molecule has 0 aliphatic heterocycles. The third kappa shape index (κ3) is 6.16. The Bertz CT molecular complexity index is 1190. The summed E-state index contributed by atoms with van der Waals surface area (Å²) in [6, 6.07) is 5.39. The molecule has 2 aromatic rings. The van der Waals surface area contributed by atoms with Crippen LogP contribution in [-0.4, -0.2) is 32.4 Å². The predicted octanol–water partition coefficient (Wildman–Crippen LogP) is 0.660. The molecule has 0 saturated carbocycles. The third-order valence-corrected chi connectivity index (χ3v) is 4.49. The molecule has 12 nitrogen and oxygen atoms in total. The van der Waals surface area contributed by atoms with Crippen LogP contribution in [0.25, 0.3) is 0 Å². The molecule has 0 atom stereocenters. The van der Waals surface area contributed by atoms with Crippen molar-refractivity contribution >= 4 is 17.7 Å². The predicted molar refractivity (Wildman–Crippen MR) is 118 cm³/mol. The van der Waals surface area contributed by atoms with Gasteiger partial charge in [-0.05, 0) is 31.5 Å². The number of benzene rings is 1. The van der Waals surface area contributed by atoms with Crippen LogP contribution in [0.5, 0.6) is 5.75 Å². The van der Waals surface area contributed by atoms with Gasteiger partial charge in [0.25, 0.3) is 11.5 Å². The second-order valence-corrected chi connectivity index (χ2v) is 7.52. The van der Waals surface area contributed by atoms with Gasteiger partial charge in [-0.3, -0.25) is 23.8 Å². The number of nitrogens with zero attached hydrogens (tertiary/aromatic N) is 3. The molecule has 0 fully saturated rings. The zero-order chi connectivity index (χ0) is 25.6. The summed E-state index contributed by atoms with van der Waals surface area (Å²) >= 11 is 0. The van der Waals surface area contributed by atoms with Crippen molar-refractivity contribution < 1.29 is 28.7 Å². The molecule has 182 valence electrons. The molecular formula is C21H25FN6O6. The molecule has 0 aliphatic rings. The van der Waals surface area contributed by atoms with Gasteiger partial charge in [0.1, 0.15) is 17.2 Å². The van der Waals surface area contributed by atoms with Gasteiger partial charge in [0.2, 0.25) is 11.6 Å². The van der Waals surface area contributed by atoms with Gasteiger partial charge in [0.05, 0.1) is 0 Å². The normalized spacial score (nSPS) is 11.6. The van der Waals surface area contributed by atoms with E-state index in [2.05, 4.69) is 27.5 Å². The van der Waals surface area contributed by atoms with Crippen molar-refractivity contribution in [1.82, 2.24) is 20.3 Å². The number of hydroxylamine groups is 1. The molecule has 1 heterocycles. The molecule has 34 heavy (non-hydrogen) atoms. The number of carbonyl (C=O) groups excluding carboxylic acids is 2. The molecule has 2 amide bonds. The number of aromatic hydroxyl groups is 1. The molecule has 13 heteroatoms. The van der Waals surface area contributed by atoms with E-state index in [0.717, 1.165) is 4.57 Å². The molecule has 0 unspecified atom stereocenters. The average molecular weight is 476 g/mol. The lowest BCUT2D eigenvalue weighted by atomic mass is 10.1. The molecule has 0 saturated heterocycles. The highest BCUT2D eigenvalue weighted by Crippen LogP contribution is 2.23. The maximum Gasteiger partial charge on any atom is 0.309 e. The lowest BCUT2D eigenvalue weighted by molar-refractivity contribution is -0.149. The molecule has 0 bridgehead atoms. The Kier molecular flexibility index (Phi) is 8.08. The van der Waals surface area contributed by atoms with E-state index < -0.39 is 40.2 Å². The van der Waals surface area contributed by atoms with Gasteiger partial charge >= 0.3 is 5.91 Å². The monoisotopic (exact) mass is 476 g/mol. The second kappa shape index (κ2) is 10.6. The highest BCUT2D eigenvalue weighted by atomic mass is 19.1. The fourth-order valence-corrected chi connectivity index (χ4v) is 2.68. The number of hydrogen-bond acceptors (Lipinski definition) is 9. The van der Waals surface area contributed by atoms with E-state index in [4.69, 9.17) is 15.4 Å². The van der Waals surface area contributed by atoms with Gasteiger partial charge in [-0.25, -0.2) is 14.9 Å². The van der Waals surface area contributed by atoms with E-state index in [1.54, 1.807) is 0 Å². The molecule has 0 radical (unpaired) electrons. The van der Waals surface area contributed by atoms with Crippen LogP contribution in [-0.2, 0) is 33.6 Å². The maximum absolute atomic E-state index is 13.0. The van der Waals surface area contributed by atoms with Crippen LogP contribution in [0.3, 0.4) is 0 Å². The topological polar surface area (TPSA) is 170 Å². The Morgan fingerprint density at radius 3 is 2.53 bits per heavy atom. The van der Waals surface area contributed by atoms with Crippen molar-refractivity contribution in [2.24, 2.45) is 18.0 Å². The van der Waals surface area contributed by atoms with Crippen molar-refractivity contribution in [2.45, 2.75) is 32.9 Å². The minimum absolute atomic E-state index is 0.00560. The number of rotatable bonds is 8. The van der Waals surface area contributed by atoms with Crippen LogP contribution in [0.15, 0.2) is 46.5 Å². The van der Waals surface area contributed by atoms with E-state index in [1.807, 2.05) is 0 Å². The van der Waals surface area contributed by atoms with Gasteiger partial charge in [-0.15, -0.1) is 5.10 Å². The molecule has 0 spiro atoms. The largest absolute Gasteiger partial charge is 0.501 e. The quantitative estimate of drug-likeness (QED) is 0.107. The summed E-state index contributed by atoms with van der Waals surface area (Å²) in [4.78, 5) is 46.7. The fourth-order valence-electron chi connectivity index (χ4n) is 2.68. The second-order valence-electron chi connectivity index (χ2n) is 7.52. The first kappa shape index (κ1) is 26.0. The number of hydrazone groups is 1. The minimum atomic E-state index is -1.46. The van der Waals surface area contributed by atoms with Gasteiger partial charge in [0.15, 0.2) is 11.5 Å². The Hall–Kier alpha value is -4.26. The van der Waals surface area contributed by atoms with Crippen molar-refractivity contribution in [1.29, 1.82) is 0 Å². The van der Waals surface area contributed by atoms with Gasteiger partial charge < -0.3 is 21.0 Å². The molecule has 0 aliphatic carbocycles. The first-order chi connectivity index (χ1) is 15.9. The summed E-state index contributed by atoms with van der Waals surface area (Å²) in [7, 11) is 1.31. The summed E-state index contributed by atoms with van der Waals surface area (Å²) in [5.74, 6) is 1.54. The van der Waals surface area contributed by atoms with Crippen molar-refractivity contribution in [3.8, 4) is 5.75 Å². The zero-order valence-electron chi connectivity index (χ0n) is 19.0. The Balaban J connectivity index is 2.23. The van der Waals surface area contributed by atoms with Crippen molar-refractivity contribution in [2.75, 3.05) is 0 Å². The van der Waals surface area contributed by atoms with E-state index in [0.29, 0.717) is 5.56 Å². The highest BCUT2D eigenvalue weighted by molar-refractivity contribution is 5.94.